The minimum atomic E-state index is -1.11. The SMILES string of the molecule is CC(=O)C[C@@H](CC(=O)O)N=O. The van der Waals surface area contributed by atoms with Crippen LogP contribution in [0.1, 0.15) is 19.8 Å². The molecule has 0 aromatic heterocycles. The molecular weight excluding hydrogens is 150 g/mol. The molecule has 0 aliphatic rings. The Morgan fingerprint density at radius 1 is 1.45 bits per heavy atom. The Labute approximate surface area is 63.4 Å². The predicted molar refractivity (Wildman–Crippen MR) is 37.1 cm³/mol. The van der Waals surface area contributed by atoms with E-state index in [-0.39, 0.29) is 18.6 Å². The van der Waals surface area contributed by atoms with Crippen molar-refractivity contribution in [3.05, 3.63) is 4.91 Å². The summed E-state index contributed by atoms with van der Waals surface area (Å²) in [7, 11) is 0. The molecule has 0 saturated carbocycles. The Morgan fingerprint density at radius 3 is 2.27 bits per heavy atom. The van der Waals surface area contributed by atoms with Crippen molar-refractivity contribution in [2.24, 2.45) is 5.18 Å². The third-order valence-corrected chi connectivity index (χ3v) is 1.08. The zero-order chi connectivity index (χ0) is 8.85. The molecule has 0 saturated heterocycles. The van der Waals surface area contributed by atoms with Crippen molar-refractivity contribution in [1.29, 1.82) is 0 Å². The van der Waals surface area contributed by atoms with E-state index in [4.69, 9.17) is 5.11 Å². The van der Waals surface area contributed by atoms with Gasteiger partial charge in [0.1, 0.15) is 11.8 Å². The third kappa shape index (κ3) is 5.20. The van der Waals surface area contributed by atoms with E-state index in [0.29, 0.717) is 0 Å². The van der Waals surface area contributed by atoms with Crippen molar-refractivity contribution in [2.45, 2.75) is 25.8 Å². The van der Waals surface area contributed by atoms with Crippen LogP contribution in [-0.4, -0.2) is 22.9 Å². The average molecular weight is 159 g/mol. The number of rotatable bonds is 5. The Hall–Kier alpha value is -1.26. The summed E-state index contributed by atoms with van der Waals surface area (Å²) in [6.07, 6.45) is -0.459. The van der Waals surface area contributed by atoms with Crippen molar-refractivity contribution in [1.82, 2.24) is 0 Å². The quantitative estimate of drug-likeness (QED) is 0.594. The highest BCUT2D eigenvalue weighted by molar-refractivity contribution is 5.77. The van der Waals surface area contributed by atoms with Crippen molar-refractivity contribution in [3.8, 4) is 0 Å². The van der Waals surface area contributed by atoms with Gasteiger partial charge in [-0.25, -0.2) is 0 Å². The van der Waals surface area contributed by atoms with Gasteiger partial charge >= 0.3 is 5.97 Å². The molecule has 0 aliphatic heterocycles. The Morgan fingerprint density at radius 2 is 2.00 bits per heavy atom. The fourth-order valence-corrected chi connectivity index (χ4v) is 0.680. The van der Waals surface area contributed by atoms with Crippen LogP contribution in [0.4, 0.5) is 0 Å². The molecule has 0 unspecified atom stereocenters. The van der Waals surface area contributed by atoms with Crippen LogP contribution in [-0.2, 0) is 9.59 Å². The maximum Gasteiger partial charge on any atom is 0.305 e. The summed E-state index contributed by atoms with van der Waals surface area (Å²) in [6.45, 7) is 1.29. The van der Waals surface area contributed by atoms with Crippen molar-refractivity contribution in [3.63, 3.8) is 0 Å². The number of carboxylic acids is 1. The van der Waals surface area contributed by atoms with Gasteiger partial charge in [0, 0.05) is 6.42 Å². The summed E-state index contributed by atoms with van der Waals surface area (Å²) in [5.74, 6) is -1.34. The number of aliphatic carboxylic acids is 1. The van der Waals surface area contributed by atoms with E-state index in [1.807, 2.05) is 0 Å². The van der Waals surface area contributed by atoms with Crippen LogP contribution in [0.15, 0.2) is 5.18 Å². The summed E-state index contributed by atoms with van der Waals surface area (Å²) in [6, 6.07) is -0.912. The van der Waals surface area contributed by atoms with Gasteiger partial charge in [0.25, 0.3) is 0 Å². The van der Waals surface area contributed by atoms with E-state index >= 15 is 0 Å². The molecule has 5 heteroatoms. The van der Waals surface area contributed by atoms with Gasteiger partial charge in [0.2, 0.25) is 0 Å². The average Bonchev–Trinajstić information content (AvgIpc) is 1.84. The van der Waals surface area contributed by atoms with Crippen LogP contribution >= 0.6 is 0 Å². The molecule has 1 N–H and O–H groups in total. The minimum Gasteiger partial charge on any atom is -0.481 e. The zero-order valence-corrected chi connectivity index (χ0v) is 6.11. The van der Waals surface area contributed by atoms with Crippen LogP contribution in [0.25, 0.3) is 0 Å². The van der Waals surface area contributed by atoms with Crippen LogP contribution in [0, 0.1) is 4.91 Å². The Balaban J connectivity index is 3.85. The fourth-order valence-electron chi connectivity index (χ4n) is 0.680. The van der Waals surface area contributed by atoms with E-state index < -0.39 is 12.0 Å². The minimum absolute atomic E-state index is 0.0875. The number of carbonyl (C=O) groups is 2. The normalized spacial score (nSPS) is 12.1. The molecule has 62 valence electrons. The summed E-state index contributed by atoms with van der Waals surface area (Å²) >= 11 is 0. The highest BCUT2D eigenvalue weighted by Gasteiger charge is 2.14. The van der Waals surface area contributed by atoms with E-state index in [9.17, 15) is 14.5 Å². The summed E-state index contributed by atoms with van der Waals surface area (Å²) < 4.78 is 0. The smallest absolute Gasteiger partial charge is 0.305 e. The second-order valence-electron chi connectivity index (χ2n) is 2.26. The van der Waals surface area contributed by atoms with Gasteiger partial charge in [0.15, 0.2) is 0 Å². The van der Waals surface area contributed by atoms with Crippen molar-refractivity contribution < 1.29 is 14.7 Å². The second kappa shape index (κ2) is 4.54. The molecule has 0 aromatic carbocycles. The van der Waals surface area contributed by atoms with Crippen LogP contribution in [0.2, 0.25) is 0 Å². The molecule has 0 amide bonds. The highest BCUT2D eigenvalue weighted by Crippen LogP contribution is 2.03. The van der Waals surface area contributed by atoms with Crippen LogP contribution in [0.5, 0.6) is 0 Å². The standard InChI is InChI=1S/C6H9NO4/c1-4(8)2-5(7-11)3-6(9)10/h5H,2-3H2,1H3,(H,9,10)/t5-/m0/s1. The number of hydrogen-bond acceptors (Lipinski definition) is 4. The number of nitrogens with zero attached hydrogens (tertiary/aromatic N) is 1. The number of ketones is 1. The lowest BCUT2D eigenvalue weighted by Crippen LogP contribution is -2.13. The van der Waals surface area contributed by atoms with Gasteiger partial charge < -0.3 is 5.11 Å². The van der Waals surface area contributed by atoms with Crippen molar-refractivity contribution in [2.75, 3.05) is 0 Å². The lowest BCUT2D eigenvalue weighted by atomic mass is 10.1. The Kier molecular flexibility index (Phi) is 4.02. The number of nitroso groups, excluding NO2 is 1. The molecule has 11 heavy (non-hydrogen) atoms. The van der Waals surface area contributed by atoms with Gasteiger partial charge in [-0.15, -0.1) is 0 Å². The third-order valence-electron chi connectivity index (χ3n) is 1.08. The lowest BCUT2D eigenvalue weighted by molar-refractivity contribution is -0.137. The van der Waals surface area contributed by atoms with Gasteiger partial charge in [-0.3, -0.25) is 9.59 Å². The summed E-state index contributed by atoms with van der Waals surface area (Å²) in [5, 5.41) is 10.7. The summed E-state index contributed by atoms with van der Waals surface area (Å²) in [4.78, 5) is 30.4. The topological polar surface area (TPSA) is 83.8 Å². The zero-order valence-electron chi connectivity index (χ0n) is 6.11. The number of hydrogen-bond donors (Lipinski definition) is 1. The lowest BCUT2D eigenvalue weighted by Gasteiger charge is -2.00. The molecule has 5 nitrogen and oxygen atoms in total. The maximum atomic E-state index is 10.4. The first kappa shape index (κ1) is 9.74. The predicted octanol–water partition coefficient (Wildman–Crippen LogP) is 0.575. The Bertz CT molecular complexity index is 161. The van der Waals surface area contributed by atoms with Crippen LogP contribution in [0.3, 0.4) is 0 Å². The van der Waals surface area contributed by atoms with Gasteiger partial charge in [-0.1, -0.05) is 5.18 Å². The number of carbonyl (C=O) groups excluding carboxylic acids is 1. The second-order valence-corrected chi connectivity index (χ2v) is 2.26. The first-order valence-electron chi connectivity index (χ1n) is 3.10. The molecule has 0 aliphatic carbocycles. The monoisotopic (exact) mass is 159 g/mol. The molecule has 0 heterocycles. The molecule has 0 bridgehead atoms. The van der Waals surface area contributed by atoms with E-state index in [0.717, 1.165) is 0 Å². The molecule has 0 rings (SSSR count). The van der Waals surface area contributed by atoms with Gasteiger partial charge in [-0.05, 0) is 6.92 Å². The molecule has 0 fully saturated rings. The maximum absolute atomic E-state index is 10.4. The summed E-state index contributed by atoms with van der Waals surface area (Å²) in [5.41, 5.74) is 0. The first-order valence-corrected chi connectivity index (χ1v) is 3.10. The fraction of sp³-hybridized carbons (Fsp3) is 0.667. The van der Waals surface area contributed by atoms with E-state index in [1.165, 1.54) is 6.92 Å². The number of carboxylic acid groups (broad SMARTS) is 1. The number of Topliss-reactive ketones (excluding diaryl/α,β-unsaturated/α-hetero) is 1. The van der Waals surface area contributed by atoms with Gasteiger partial charge in [-0.2, -0.15) is 4.91 Å². The van der Waals surface area contributed by atoms with Gasteiger partial charge in [0.05, 0.1) is 6.42 Å². The largest absolute Gasteiger partial charge is 0.481 e. The molecule has 0 radical (unpaired) electrons. The molecular formula is C6H9NO4. The van der Waals surface area contributed by atoms with E-state index in [2.05, 4.69) is 5.18 Å². The molecule has 1 atom stereocenters. The molecule has 0 aromatic rings. The van der Waals surface area contributed by atoms with Crippen LogP contribution < -0.4 is 0 Å². The van der Waals surface area contributed by atoms with Crippen molar-refractivity contribution >= 4 is 11.8 Å². The first-order chi connectivity index (χ1) is 5.06. The molecule has 0 spiro atoms. The highest BCUT2D eigenvalue weighted by atomic mass is 16.4. The van der Waals surface area contributed by atoms with E-state index in [1.54, 1.807) is 0 Å².